The number of hydrogen-bond donors (Lipinski definition) is 2. The Kier molecular flexibility index (Phi) is 7.46. The van der Waals surface area contributed by atoms with Crippen molar-refractivity contribution in [2.24, 2.45) is 7.05 Å². The summed E-state index contributed by atoms with van der Waals surface area (Å²) in [5, 5.41) is 5.76. The van der Waals surface area contributed by atoms with E-state index in [1.165, 1.54) is 17.8 Å². The molecule has 0 bridgehead atoms. The minimum absolute atomic E-state index is 0.0523. The summed E-state index contributed by atoms with van der Waals surface area (Å²) in [6.07, 6.45) is 8.46. The molecule has 0 spiro atoms. The molecule has 2 amide bonds. The molecule has 0 unspecified atom stereocenters. The number of ether oxygens (including phenoxy) is 1. The van der Waals surface area contributed by atoms with Crippen LogP contribution < -0.4 is 10.6 Å². The summed E-state index contributed by atoms with van der Waals surface area (Å²) >= 11 is 1.27. The number of aryl methyl sites for hydroxylation is 1. The molecule has 0 fully saturated rings. The summed E-state index contributed by atoms with van der Waals surface area (Å²) in [4.78, 5) is 40.0. The Hall–Kier alpha value is -3.25. The van der Waals surface area contributed by atoms with Crippen molar-refractivity contribution in [2.75, 3.05) is 24.2 Å². The minimum atomic E-state index is -0.724. The summed E-state index contributed by atoms with van der Waals surface area (Å²) in [5.74, 6) is 0.849. The van der Waals surface area contributed by atoms with Gasteiger partial charge < -0.3 is 19.9 Å². The molecule has 27 heavy (non-hydrogen) atoms. The van der Waals surface area contributed by atoms with Gasteiger partial charge in [0, 0.05) is 19.4 Å². The van der Waals surface area contributed by atoms with Crippen LogP contribution in [0.25, 0.3) is 0 Å². The third-order valence-corrected chi connectivity index (χ3v) is 4.31. The number of imidazole rings is 1. The highest BCUT2D eigenvalue weighted by molar-refractivity contribution is 7.99. The lowest BCUT2D eigenvalue weighted by atomic mass is 10.2. The second-order valence-corrected chi connectivity index (χ2v) is 6.20. The van der Waals surface area contributed by atoms with Crippen LogP contribution in [0.5, 0.6) is 0 Å². The third kappa shape index (κ3) is 6.20. The predicted molar refractivity (Wildman–Crippen MR) is 101 cm³/mol. The molecule has 2 aromatic rings. The maximum atomic E-state index is 12.2. The molecule has 0 saturated heterocycles. The van der Waals surface area contributed by atoms with Gasteiger partial charge in [0.15, 0.2) is 11.8 Å². The second kappa shape index (κ2) is 10.0. The summed E-state index contributed by atoms with van der Waals surface area (Å²) in [7, 11) is 1.83. The zero-order chi connectivity index (χ0) is 19.6. The third-order valence-electron chi connectivity index (χ3n) is 3.25. The van der Waals surface area contributed by atoms with Gasteiger partial charge in [0.2, 0.25) is 5.91 Å². The van der Waals surface area contributed by atoms with Crippen LogP contribution in [0, 0.1) is 12.3 Å². The monoisotopic (exact) mass is 386 g/mol. The Labute approximate surface area is 160 Å². The number of para-hydroxylation sites is 1. The highest BCUT2D eigenvalue weighted by atomic mass is 32.2. The first-order valence-corrected chi connectivity index (χ1v) is 8.86. The molecule has 0 atom stereocenters. The van der Waals surface area contributed by atoms with Crippen molar-refractivity contribution in [1.82, 2.24) is 14.9 Å². The molecule has 0 aliphatic rings. The van der Waals surface area contributed by atoms with Crippen molar-refractivity contribution >= 4 is 35.2 Å². The molecule has 2 rings (SSSR count). The van der Waals surface area contributed by atoms with Gasteiger partial charge in [-0.15, -0.1) is 6.42 Å². The van der Waals surface area contributed by atoms with Crippen LogP contribution in [0.4, 0.5) is 5.69 Å². The van der Waals surface area contributed by atoms with Crippen molar-refractivity contribution in [2.45, 2.75) is 5.16 Å². The topological polar surface area (TPSA) is 102 Å². The zero-order valence-corrected chi connectivity index (χ0v) is 15.4. The fraction of sp³-hybridized carbons (Fsp3) is 0.222. The first-order valence-electron chi connectivity index (χ1n) is 7.87. The van der Waals surface area contributed by atoms with E-state index in [-0.39, 0.29) is 23.8 Å². The van der Waals surface area contributed by atoms with Crippen molar-refractivity contribution in [3.63, 3.8) is 0 Å². The van der Waals surface area contributed by atoms with Crippen molar-refractivity contribution in [1.29, 1.82) is 0 Å². The van der Waals surface area contributed by atoms with Gasteiger partial charge in [-0.1, -0.05) is 29.8 Å². The Morgan fingerprint density at radius 3 is 2.78 bits per heavy atom. The van der Waals surface area contributed by atoms with Gasteiger partial charge in [0.1, 0.15) is 0 Å². The first-order chi connectivity index (χ1) is 13.0. The number of aromatic nitrogens is 2. The molecule has 1 heterocycles. The summed E-state index contributed by atoms with van der Waals surface area (Å²) in [6.45, 7) is -0.408. The number of anilines is 1. The lowest BCUT2D eigenvalue weighted by Gasteiger charge is -2.11. The average Bonchev–Trinajstić information content (AvgIpc) is 3.08. The smallest absolute Gasteiger partial charge is 0.340 e. The number of benzene rings is 1. The number of nitrogens with one attached hydrogen (secondary N) is 2. The molecule has 0 saturated carbocycles. The van der Waals surface area contributed by atoms with Gasteiger partial charge in [0.25, 0.3) is 5.91 Å². The average molecular weight is 386 g/mol. The highest BCUT2D eigenvalue weighted by Crippen LogP contribution is 2.18. The van der Waals surface area contributed by atoms with Gasteiger partial charge in [-0.2, -0.15) is 0 Å². The number of rotatable bonds is 8. The normalized spacial score (nSPS) is 9.93. The van der Waals surface area contributed by atoms with Crippen LogP contribution in [-0.4, -0.2) is 46.2 Å². The Morgan fingerprint density at radius 1 is 1.30 bits per heavy atom. The fourth-order valence-corrected chi connectivity index (χ4v) is 2.72. The van der Waals surface area contributed by atoms with Gasteiger partial charge in [0.05, 0.1) is 23.5 Å². The molecule has 140 valence electrons. The number of terminal acetylenes is 1. The number of nitrogens with zero attached hydrogens (tertiary/aromatic N) is 2. The summed E-state index contributed by atoms with van der Waals surface area (Å²) < 4.78 is 6.75. The molecule has 0 radical (unpaired) electrons. The van der Waals surface area contributed by atoms with E-state index in [1.807, 2.05) is 7.05 Å². The molecule has 0 aliphatic heterocycles. The summed E-state index contributed by atoms with van der Waals surface area (Å²) in [6, 6.07) is 6.40. The Bertz CT molecular complexity index is 872. The molecule has 0 aliphatic carbocycles. The van der Waals surface area contributed by atoms with Crippen LogP contribution in [0.2, 0.25) is 0 Å². The first kappa shape index (κ1) is 20.1. The minimum Gasteiger partial charge on any atom is -0.452 e. The second-order valence-electron chi connectivity index (χ2n) is 5.26. The molecule has 1 aromatic carbocycles. The number of thioether (sulfide) groups is 1. The van der Waals surface area contributed by atoms with Crippen molar-refractivity contribution in [3.05, 3.63) is 42.2 Å². The van der Waals surface area contributed by atoms with Crippen LogP contribution in [0.3, 0.4) is 0 Å². The quantitative estimate of drug-likeness (QED) is 0.400. The van der Waals surface area contributed by atoms with E-state index in [9.17, 15) is 14.4 Å². The largest absolute Gasteiger partial charge is 0.452 e. The number of amides is 2. The lowest BCUT2D eigenvalue weighted by Crippen LogP contribution is -2.29. The number of carbonyl (C=O) groups is 3. The Morgan fingerprint density at radius 2 is 2.07 bits per heavy atom. The maximum Gasteiger partial charge on any atom is 0.340 e. The van der Waals surface area contributed by atoms with Gasteiger partial charge >= 0.3 is 5.97 Å². The number of esters is 1. The van der Waals surface area contributed by atoms with Crippen LogP contribution in [-0.2, 0) is 21.4 Å². The van der Waals surface area contributed by atoms with Crippen LogP contribution >= 0.6 is 11.8 Å². The van der Waals surface area contributed by atoms with Crippen LogP contribution in [0.1, 0.15) is 10.4 Å². The standard InChI is InChI=1S/C18H18N4O4S/c1-3-8-19-15(23)11-26-17(25)13-6-4-5-7-14(13)21-16(24)12-27-18-20-9-10-22(18)2/h1,4-7,9-10H,8,11-12H2,2H3,(H,19,23)(H,21,24). The summed E-state index contributed by atoms with van der Waals surface area (Å²) in [5.41, 5.74) is 0.453. The van der Waals surface area contributed by atoms with E-state index < -0.39 is 18.5 Å². The fourth-order valence-electron chi connectivity index (χ4n) is 1.99. The zero-order valence-electron chi connectivity index (χ0n) is 14.6. The van der Waals surface area contributed by atoms with Gasteiger partial charge in [-0.25, -0.2) is 9.78 Å². The van der Waals surface area contributed by atoms with Gasteiger partial charge in [-0.3, -0.25) is 9.59 Å². The van der Waals surface area contributed by atoms with Crippen LogP contribution in [0.15, 0.2) is 41.8 Å². The highest BCUT2D eigenvalue weighted by Gasteiger charge is 2.16. The molecular weight excluding hydrogens is 368 g/mol. The molecular formula is C18H18N4O4S. The molecule has 8 nitrogen and oxygen atoms in total. The van der Waals surface area contributed by atoms with E-state index in [2.05, 4.69) is 21.5 Å². The molecule has 2 N–H and O–H groups in total. The number of hydrogen-bond acceptors (Lipinski definition) is 6. The van der Waals surface area contributed by atoms with E-state index in [0.29, 0.717) is 10.8 Å². The Balaban J connectivity index is 1.93. The van der Waals surface area contributed by atoms with E-state index in [4.69, 9.17) is 11.2 Å². The maximum absolute atomic E-state index is 12.2. The van der Waals surface area contributed by atoms with E-state index in [1.54, 1.807) is 35.2 Å². The molecule has 9 heteroatoms. The SMILES string of the molecule is C#CCNC(=O)COC(=O)c1ccccc1NC(=O)CSc1nccn1C. The predicted octanol–water partition coefficient (Wildman–Crippen LogP) is 1.06. The van der Waals surface area contributed by atoms with Crippen molar-refractivity contribution in [3.8, 4) is 12.3 Å². The molecule has 1 aromatic heterocycles. The van der Waals surface area contributed by atoms with Crippen molar-refractivity contribution < 1.29 is 19.1 Å². The van der Waals surface area contributed by atoms with Gasteiger partial charge in [-0.05, 0) is 12.1 Å². The van der Waals surface area contributed by atoms with E-state index >= 15 is 0 Å². The number of carbonyl (C=O) groups excluding carboxylic acids is 3. The van der Waals surface area contributed by atoms with E-state index in [0.717, 1.165) is 0 Å². The lowest BCUT2D eigenvalue weighted by molar-refractivity contribution is -0.124.